The highest BCUT2D eigenvalue weighted by atomic mass is 31.2. The summed E-state index contributed by atoms with van der Waals surface area (Å²) in [5, 5.41) is 2.56. The van der Waals surface area contributed by atoms with E-state index in [4.69, 9.17) is 0 Å². The minimum atomic E-state index is -2.97. The second kappa shape index (κ2) is 9.02. The van der Waals surface area contributed by atoms with E-state index in [0.29, 0.717) is 0 Å². The predicted molar refractivity (Wildman–Crippen MR) is 148 cm³/mol. The summed E-state index contributed by atoms with van der Waals surface area (Å²) in [6, 6.07) is 45.2. The Morgan fingerprint density at radius 3 is 1.43 bits per heavy atom. The molecule has 0 bridgehead atoms. The van der Waals surface area contributed by atoms with Gasteiger partial charge in [0.05, 0.1) is 0 Å². The lowest BCUT2D eigenvalue weighted by molar-refractivity contribution is 0.592. The molecule has 0 spiro atoms. The smallest absolute Gasteiger partial charge is 0.171 e. The van der Waals surface area contributed by atoms with Crippen LogP contribution in [-0.2, 0) is 11.0 Å². The summed E-state index contributed by atoms with van der Waals surface area (Å²) in [6.07, 6.45) is 3.22. The number of hydrogen-bond donors (Lipinski definition) is 0. The molecule has 0 saturated heterocycles. The average Bonchev–Trinajstić information content (AvgIpc) is 2.94. The number of benzene rings is 5. The quantitative estimate of drug-likeness (QED) is 0.260. The molecule has 1 nitrogen and oxygen atoms in total. The van der Waals surface area contributed by atoms with Crippen LogP contribution in [0.25, 0.3) is 11.6 Å². The zero-order valence-electron chi connectivity index (χ0n) is 19.3. The van der Waals surface area contributed by atoms with Crippen LogP contribution in [0.4, 0.5) is 0 Å². The minimum Gasteiger partial charge on any atom is -0.309 e. The van der Waals surface area contributed by atoms with Crippen LogP contribution < -0.4 is 15.9 Å². The van der Waals surface area contributed by atoms with Crippen molar-refractivity contribution in [3.63, 3.8) is 0 Å². The normalized spacial score (nSPS) is 12.5. The topological polar surface area (TPSA) is 17.1 Å². The van der Waals surface area contributed by atoms with E-state index in [-0.39, 0.29) is 0 Å². The Kier molecular flexibility index (Phi) is 5.57. The lowest BCUT2D eigenvalue weighted by Crippen LogP contribution is -2.24. The maximum atomic E-state index is 14.6. The lowest BCUT2D eigenvalue weighted by Gasteiger charge is -2.23. The van der Waals surface area contributed by atoms with Crippen molar-refractivity contribution in [3.8, 4) is 0 Å². The van der Waals surface area contributed by atoms with Crippen molar-refractivity contribution in [1.29, 1.82) is 0 Å². The van der Waals surface area contributed by atoms with Gasteiger partial charge in [0, 0.05) is 15.9 Å². The van der Waals surface area contributed by atoms with Crippen LogP contribution >= 0.6 is 7.14 Å². The molecule has 0 N–H and O–H groups in total. The van der Waals surface area contributed by atoms with Crippen molar-refractivity contribution >= 4 is 34.7 Å². The first-order chi connectivity index (χ1) is 17.2. The molecular formula is C33H25OP. The van der Waals surface area contributed by atoms with Crippen LogP contribution in [0, 0.1) is 0 Å². The van der Waals surface area contributed by atoms with E-state index in [9.17, 15) is 4.57 Å². The number of rotatable bonds is 4. The van der Waals surface area contributed by atoms with E-state index in [1.54, 1.807) is 0 Å². The average molecular weight is 469 g/mol. The fourth-order valence-electron chi connectivity index (χ4n) is 5.05. The van der Waals surface area contributed by atoms with Crippen LogP contribution in [0.5, 0.6) is 0 Å². The van der Waals surface area contributed by atoms with E-state index in [1.165, 1.54) is 27.8 Å². The molecule has 0 atom stereocenters. The standard InChI is InChI=1S/C33H25OP/c34-35(28-13-3-1-4-14-28,29-15-5-2-6-16-29)30-21-19-25(20-22-30)23-33-31-17-9-7-11-26(31)24-27-12-8-10-18-32(27)33/h1-23H,24H2. The van der Waals surface area contributed by atoms with Gasteiger partial charge in [-0.3, -0.25) is 0 Å². The van der Waals surface area contributed by atoms with Gasteiger partial charge in [0.15, 0.2) is 7.14 Å². The SMILES string of the molecule is O=P(c1ccccc1)(c1ccccc1)c1ccc(C=C2c3ccccc3Cc3ccccc32)cc1. The molecule has 6 rings (SSSR count). The molecule has 0 radical (unpaired) electrons. The summed E-state index contributed by atoms with van der Waals surface area (Å²) in [7, 11) is -2.97. The van der Waals surface area contributed by atoms with Crippen LogP contribution in [0.1, 0.15) is 27.8 Å². The highest BCUT2D eigenvalue weighted by Crippen LogP contribution is 2.42. The second-order valence-electron chi connectivity index (χ2n) is 8.92. The van der Waals surface area contributed by atoms with E-state index >= 15 is 0 Å². The number of hydrogen-bond acceptors (Lipinski definition) is 1. The van der Waals surface area contributed by atoms with Crippen molar-refractivity contribution in [2.45, 2.75) is 6.42 Å². The van der Waals surface area contributed by atoms with Crippen LogP contribution in [-0.4, -0.2) is 0 Å². The molecule has 0 unspecified atom stereocenters. The predicted octanol–water partition coefficient (Wildman–Crippen LogP) is 6.82. The van der Waals surface area contributed by atoms with Crippen molar-refractivity contribution in [2.75, 3.05) is 0 Å². The third-order valence-electron chi connectivity index (χ3n) is 6.80. The molecule has 168 valence electrons. The maximum Gasteiger partial charge on any atom is 0.171 e. The summed E-state index contributed by atoms with van der Waals surface area (Å²) in [6.45, 7) is 0. The molecular weight excluding hydrogens is 443 g/mol. The van der Waals surface area contributed by atoms with Crippen molar-refractivity contribution in [1.82, 2.24) is 0 Å². The molecule has 35 heavy (non-hydrogen) atoms. The van der Waals surface area contributed by atoms with Gasteiger partial charge < -0.3 is 4.57 Å². The Balaban J connectivity index is 1.46. The molecule has 0 aliphatic heterocycles. The largest absolute Gasteiger partial charge is 0.309 e. The zero-order chi connectivity index (χ0) is 23.7. The van der Waals surface area contributed by atoms with Gasteiger partial charge in [-0.2, -0.15) is 0 Å². The van der Waals surface area contributed by atoms with Crippen molar-refractivity contribution in [3.05, 3.63) is 161 Å². The van der Waals surface area contributed by atoms with E-state index in [1.807, 2.05) is 72.8 Å². The highest BCUT2D eigenvalue weighted by Gasteiger charge is 2.29. The molecule has 0 amide bonds. The molecule has 5 aromatic carbocycles. The Bertz CT molecular complexity index is 1470. The second-order valence-corrected chi connectivity index (χ2v) is 11.7. The van der Waals surface area contributed by atoms with Crippen LogP contribution in [0.15, 0.2) is 133 Å². The summed E-state index contributed by atoms with van der Waals surface area (Å²) >= 11 is 0. The van der Waals surface area contributed by atoms with Gasteiger partial charge in [-0.1, -0.05) is 133 Å². The Morgan fingerprint density at radius 2 is 0.914 bits per heavy atom. The van der Waals surface area contributed by atoms with E-state index in [0.717, 1.165) is 27.9 Å². The molecule has 0 heterocycles. The van der Waals surface area contributed by atoms with Crippen molar-refractivity contribution < 1.29 is 4.57 Å². The third-order valence-corrected chi connectivity index (χ3v) is 9.88. The molecule has 5 aromatic rings. The van der Waals surface area contributed by atoms with Crippen molar-refractivity contribution in [2.24, 2.45) is 0 Å². The molecule has 0 fully saturated rings. The highest BCUT2D eigenvalue weighted by molar-refractivity contribution is 7.85. The first-order valence-corrected chi connectivity index (χ1v) is 13.6. The van der Waals surface area contributed by atoms with Gasteiger partial charge in [0.1, 0.15) is 0 Å². The van der Waals surface area contributed by atoms with Gasteiger partial charge in [0.2, 0.25) is 0 Å². The molecule has 0 aromatic heterocycles. The van der Waals surface area contributed by atoms with Crippen LogP contribution in [0.2, 0.25) is 0 Å². The first-order valence-electron chi connectivity index (χ1n) is 11.9. The number of fused-ring (bicyclic) bond motifs is 2. The summed E-state index contributed by atoms with van der Waals surface area (Å²) < 4.78 is 14.6. The first kappa shape index (κ1) is 21.6. The monoisotopic (exact) mass is 468 g/mol. The Labute approximate surface area is 206 Å². The van der Waals surface area contributed by atoms with Gasteiger partial charge >= 0.3 is 0 Å². The third kappa shape index (κ3) is 3.89. The summed E-state index contributed by atoms with van der Waals surface area (Å²) in [5.74, 6) is 0. The summed E-state index contributed by atoms with van der Waals surface area (Å²) in [4.78, 5) is 0. The molecule has 0 saturated carbocycles. The fourth-order valence-corrected chi connectivity index (χ4v) is 7.70. The Morgan fingerprint density at radius 1 is 0.486 bits per heavy atom. The Hall–Kier alpha value is -3.93. The van der Waals surface area contributed by atoms with Gasteiger partial charge in [-0.05, 0) is 45.9 Å². The summed E-state index contributed by atoms with van der Waals surface area (Å²) in [5.41, 5.74) is 7.62. The van der Waals surface area contributed by atoms with Gasteiger partial charge in [0.25, 0.3) is 0 Å². The molecule has 1 aliphatic carbocycles. The minimum absolute atomic E-state index is 0.849. The van der Waals surface area contributed by atoms with E-state index in [2.05, 4.69) is 66.7 Å². The molecule has 1 aliphatic rings. The fraction of sp³-hybridized carbons (Fsp3) is 0.0303. The molecule has 2 heteroatoms. The van der Waals surface area contributed by atoms with Gasteiger partial charge in [-0.15, -0.1) is 0 Å². The maximum absolute atomic E-state index is 14.6. The zero-order valence-corrected chi connectivity index (χ0v) is 20.2. The van der Waals surface area contributed by atoms with Gasteiger partial charge in [-0.25, -0.2) is 0 Å². The van der Waals surface area contributed by atoms with E-state index < -0.39 is 7.14 Å². The van der Waals surface area contributed by atoms with Crippen LogP contribution in [0.3, 0.4) is 0 Å². The lowest BCUT2D eigenvalue weighted by atomic mass is 9.81.